The number of hydrogen-bond donors (Lipinski definition) is 0. The van der Waals surface area contributed by atoms with E-state index in [0.29, 0.717) is 0 Å². The number of rotatable bonds is 8. The van der Waals surface area contributed by atoms with Gasteiger partial charge in [0, 0.05) is 13.1 Å². The van der Waals surface area contributed by atoms with Gasteiger partial charge >= 0.3 is 0 Å². The number of piperidine rings is 1. The zero-order chi connectivity index (χ0) is 14.5. The molecule has 0 aliphatic carbocycles. The number of carbonyl (C=O) groups excluding carboxylic acids is 1. The quantitative estimate of drug-likeness (QED) is 0.631. The minimum absolute atomic E-state index is 0.905. The molecule has 1 saturated heterocycles. The molecule has 114 valence electrons. The highest BCUT2D eigenvalue weighted by atomic mass is 16.1. The van der Waals surface area contributed by atoms with E-state index in [-0.39, 0.29) is 0 Å². The van der Waals surface area contributed by atoms with E-state index in [1.165, 1.54) is 25.9 Å². The van der Waals surface area contributed by atoms with E-state index in [9.17, 15) is 4.79 Å². The highest BCUT2D eigenvalue weighted by Crippen LogP contribution is 2.15. The number of nitrogens with zero attached hydrogens (tertiary/aromatic N) is 2. The van der Waals surface area contributed by atoms with Crippen LogP contribution in [0.15, 0.2) is 0 Å². The van der Waals surface area contributed by atoms with Gasteiger partial charge in [-0.15, -0.1) is 0 Å². The number of carbonyl (C=O) groups is 1. The van der Waals surface area contributed by atoms with Crippen LogP contribution in [0.25, 0.3) is 0 Å². The first-order valence-corrected chi connectivity index (χ1v) is 8.18. The van der Waals surface area contributed by atoms with Crippen LogP contribution < -0.4 is 0 Å². The number of hydrogen-bond acceptors (Lipinski definition) is 2. The van der Waals surface area contributed by atoms with Crippen molar-refractivity contribution in [2.45, 2.75) is 59.8 Å². The Kier molecular flexibility index (Phi) is 12.1. The van der Waals surface area contributed by atoms with Crippen molar-refractivity contribution in [1.82, 2.24) is 9.80 Å². The van der Waals surface area contributed by atoms with E-state index < -0.39 is 0 Å². The van der Waals surface area contributed by atoms with Crippen LogP contribution in [0.2, 0.25) is 0 Å². The van der Waals surface area contributed by atoms with E-state index in [0.717, 1.165) is 51.2 Å². The average molecular weight is 270 g/mol. The first-order valence-electron chi connectivity index (χ1n) is 8.18. The van der Waals surface area contributed by atoms with E-state index in [1.807, 2.05) is 18.7 Å². The molecule has 1 aliphatic heterocycles. The molecule has 0 aromatic heterocycles. The monoisotopic (exact) mass is 270 g/mol. The lowest BCUT2D eigenvalue weighted by molar-refractivity contribution is -0.118. The molecule has 0 aromatic rings. The Labute approximate surface area is 120 Å². The second-order valence-electron chi connectivity index (χ2n) is 5.37. The minimum Gasteiger partial charge on any atom is -0.345 e. The van der Waals surface area contributed by atoms with Gasteiger partial charge in [0.15, 0.2) is 0 Å². The smallest absolute Gasteiger partial charge is 0.209 e. The Morgan fingerprint density at radius 1 is 1.16 bits per heavy atom. The molecule has 3 nitrogen and oxygen atoms in total. The number of likely N-dealkylation sites (tertiary alicyclic amines) is 1. The summed E-state index contributed by atoms with van der Waals surface area (Å²) in [6.45, 7) is 14.0. The first-order chi connectivity index (χ1) is 9.26. The van der Waals surface area contributed by atoms with Crippen molar-refractivity contribution in [3.63, 3.8) is 0 Å². The second-order valence-corrected chi connectivity index (χ2v) is 5.37. The van der Waals surface area contributed by atoms with Crippen molar-refractivity contribution in [2.75, 3.05) is 32.7 Å². The van der Waals surface area contributed by atoms with Gasteiger partial charge < -0.3 is 9.80 Å². The van der Waals surface area contributed by atoms with Gasteiger partial charge in [0.25, 0.3) is 0 Å². The molecular formula is C16H34N2O. The molecule has 1 heterocycles. The normalized spacial score (nSPS) is 16.6. The molecule has 0 spiro atoms. The number of unbranched alkanes of at least 4 members (excludes halogenated alkanes) is 1. The Morgan fingerprint density at radius 2 is 1.74 bits per heavy atom. The van der Waals surface area contributed by atoms with Gasteiger partial charge in [-0.05, 0) is 51.2 Å². The van der Waals surface area contributed by atoms with Crippen LogP contribution >= 0.6 is 0 Å². The first kappa shape index (κ1) is 18.4. The maximum absolute atomic E-state index is 10.8. The molecule has 0 atom stereocenters. The summed E-state index contributed by atoms with van der Waals surface area (Å²) < 4.78 is 0. The second kappa shape index (κ2) is 12.5. The Bertz CT molecular complexity index is 201. The summed E-state index contributed by atoms with van der Waals surface area (Å²) in [6.07, 6.45) is 7.10. The summed E-state index contributed by atoms with van der Waals surface area (Å²) in [7, 11) is 0. The fourth-order valence-corrected chi connectivity index (χ4v) is 2.36. The average Bonchev–Trinajstić information content (AvgIpc) is 2.47. The predicted molar refractivity (Wildman–Crippen MR) is 83.3 cm³/mol. The lowest BCUT2D eigenvalue weighted by Gasteiger charge is -2.30. The third-order valence-electron chi connectivity index (χ3n) is 3.74. The SMILES string of the molecule is CC.CCCCN(C=O)CCCN1CCC(C)CC1. The highest BCUT2D eigenvalue weighted by molar-refractivity contribution is 5.46. The van der Waals surface area contributed by atoms with Crippen LogP contribution in [-0.4, -0.2) is 48.9 Å². The molecule has 1 aliphatic rings. The van der Waals surface area contributed by atoms with Crippen LogP contribution in [0.4, 0.5) is 0 Å². The van der Waals surface area contributed by atoms with Crippen LogP contribution in [0, 0.1) is 5.92 Å². The maximum atomic E-state index is 10.8. The van der Waals surface area contributed by atoms with Crippen molar-refractivity contribution < 1.29 is 4.79 Å². The van der Waals surface area contributed by atoms with Gasteiger partial charge in [0.05, 0.1) is 0 Å². The molecule has 1 rings (SSSR count). The molecule has 1 amide bonds. The zero-order valence-corrected chi connectivity index (χ0v) is 13.5. The van der Waals surface area contributed by atoms with Crippen LogP contribution in [0.3, 0.4) is 0 Å². The zero-order valence-electron chi connectivity index (χ0n) is 13.5. The summed E-state index contributed by atoms with van der Waals surface area (Å²) in [6, 6.07) is 0. The fourth-order valence-electron chi connectivity index (χ4n) is 2.36. The van der Waals surface area contributed by atoms with E-state index in [1.54, 1.807) is 0 Å². The number of amides is 1. The Morgan fingerprint density at radius 3 is 2.26 bits per heavy atom. The van der Waals surface area contributed by atoms with Crippen molar-refractivity contribution >= 4 is 6.41 Å². The molecule has 0 radical (unpaired) electrons. The lowest BCUT2D eigenvalue weighted by Crippen LogP contribution is -2.35. The summed E-state index contributed by atoms with van der Waals surface area (Å²) in [5.41, 5.74) is 0. The topological polar surface area (TPSA) is 23.6 Å². The molecule has 0 N–H and O–H groups in total. The third-order valence-corrected chi connectivity index (χ3v) is 3.74. The third kappa shape index (κ3) is 9.04. The van der Waals surface area contributed by atoms with Crippen LogP contribution in [0.1, 0.15) is 59.8 Å². The van der Waals surface area contributed by atoms with Gasteiger partial charge in [-0.3, -0.25) is 4.79 Å². The molecule has 19 heavy (non-hydrogen) atoms. The van der Waals surface area contributed by atoms with Crippen molar-refractivity contribution in [2.24, 2.45) is 5.92 Å². The highest BCUT2D eigenvalue weighted by Gasteiger charge is 2.15. The summed E-state index contributed by atoms with van der Waals surface area (Å²) in [5, 5.41) is 0. The van der Waals surface area contributed by atoms with Crippen molar-refractivity contribution in [1.29, 1.82) is 0 Å². The van der Waals surface area contributed by atoms with Gasteiger partial charge in [0.2, 0.25) is 6.41 Å². The standard InChI is InChI=1S/C14H28N2O.C2H6/c1-3-4-8-16(13-17)10-5-9-15-11-6-14(2)7-12-15;1-2/h13-14H,3-12H2,1-2H3;1-2H3. The van der Waals surface area contributed by atoms with E-state index in [4.69, 9.17) is 0 Å². The predicted octanol–water partition coefficient (Wildman–Crippen LogP) is 3.39. The molecule has 1 fully saturated rings. The van der Waals surface area contributed by atoms with Crippen LogP contribution in [-0.2, 0) is 4.79 Å². The Balaban J connectivity index is 0.00000154. The summed E-state index contributed by atoms with van der Waals surface area (Å²) in [4.78, 5) is 15.3. The van der Waals surface area contributed by atoms with Gasteiger partial charge in [-0.1, -0.05) is 34.1 Å². The van der Waals surface area contributed by atoms with E-state index in [2.05, 4.69) is 18.7 Å². The molecule has 0 saturated carbocycles. The van der Waals surface area contributed by atoms with Gasteiger partial charge in [-0.25, -0.2) is 0 Å². The van der Waals surface area contributed by atoms with Gasteiger partial charge in [0.1, 0.15) is 0 Å². The van der Waals surface area contributed by atoms with Crippen molar-refractivity contribution in [3.05, 3.63) is 0 Å². The van der Waals surface area contributed by atoms with Gasteiger partial charge in [-0.2, -0.15) is 0 Å². The van der Waals surface area contributed by atoms with Crippen LogP contribution in [0.5, 0.6) is 0 Å². The largest absolute Gasteiger partial charge is 0.345 e. The summed E-state index contributed by atoms with van der Waals surface area (Å²) >= 11 is 0. The molecule has 0 aromatic carbocycles. The molecule has 0 unspecified atom stereocenters. The maximum Gasteiger partial charge on any atom is 0.209 e. The fraction of sp³-hybridized carbons (Fsp3) is 0.938. The van der Waals surface area contributed by atoms with Crippen molar-refractivity contribution in [3.8, 4) is 0 Å². The lowest BCUT2D eigenvalue weighted by atomic mass is 9.99. The Hall–Kier alpha value is -0.570. The molecule has 3 heteroatoms. The summed E-state index contributed by atoms with van der Waals surface area (Å²) in [5.74, 6) is 0.905. The minimum atomic E-state index is 0.905. The molecule has 0 bridgehead atoms. The van der Waals surface area contributed by atoms with E-state index >= 15 is 0 Å². The molecular weight excluding hydrogens is 236 g/mol.